The van der Waals surface area contributed by atoms with Gasteiger partial charge in [0.1, 0.15) is 0 Å². The Kier molecular flexibility index (Phi) is 2.77. The van der Waals surface area contributed by atoms with E-state index in [1.54, 1.807) is 0 Å². The van der Waals surface area contributed by atoms with Crippen LogP contribution in [0.15, 0.2) is 30.3 Å². The average Bonchev–Trinajstić information content (AvgIpc) is 2.19. The summed E-state index contributed by atoms with van der Waals surface area (Å²) < 4.78 is 5.13. The largest absolute Gasteiger partial charge is 0.302 e. The third-order valence-corrected chi connectivity index (χ3v) is 1.79. The van der Waals surface area contributed by atoms with Crippen molar-refractivity contribution in [1.29, 1.82) is 0 Å². The highest BCUT2D eigenvalue weighted by molar-refractivity contribution is 6.18. The molecule has 1 aromatic carbocycles. The Morgan fingerprint density at radius 3 is 2.62 bits per heavy atom. The second-order valence-electron chi connectivity index (χ2n) is 2.47. The summed E-state index contributed by atoms with van der Waals surface area (Å²) in [6, 6.07) is 9.44. The molecule has 0 spiro atoms. The molecule has 1 aliphatic heterocycles. The molecule has 1 heterocycles. The first-order valence-corrected chi connectivity index (χ1v) is 4.21. The monoisotopic (exact) mass is 201 g/mol. The van der Waals surface area contributed by atoms with Crippen LogP contribution in [0.5, 0.6) is 0 Å². The van der Waals surface area contributed by atoms with Crippen molar-refractivity contribution in [3.05, 3.63) is 35.9 Å². The molecule has 0 aromatic heterocycles. The van der Waals surface area contributed by atoms with Crippen molar-refractivity contribution in [2.75, 3.05) is 0 Å². The highest BCUT2D eigenvalue weighted by Crippen LogP contribution is 2.23. The zero-order valence-corrected chi connectivity index (χ0v) is 7.40. The quantitative estimate of drug-likeness (QED) is 0.702. The van der Waals surface area contributed by atoms with Crippen LogP contribution in [0.25, 0.3) is 0 Å². The first kappa shape index (κ1) is 8.93. The Morgan fingerprint density at radius 1 is 1.15 bits per heavy atom. The minimum absolute atomic E-state index is 0.530. The smallest absolute Gasteiger partial charge is 0.259 e. The number of ether oxygens (including phenoxy) is 1. The summed E-state index contributed by atoms with van der Waals surface area (Å²) in [5.74, 6) is -0.834. The van der Waals surface area contributed by atoms with E-state index in [2.05, 4.69) is 10.5 Å². The van der Waals surface area contributed by atoms with Gasteiger partial charge in [0.05, 0.1) is 0 Å². The van der Waals surface area contributed by atoms with Crippen molar-refractivity contribution in [2.24, 2.45) is 0 Å². The maximum Gasteiger partial charge on any atom is 0.259 e. The van der Waals surface area contributed by atoms with E-state index in [1.807, 2.05) is 30.3 Å². The standard InChI is InChI=1S/C8H8ClNO3/c9-8-11-7(12-10-13-8)6-4-2-1-3-5-6/h1-5,7-8,10H. The predicted molar refractivity (Wildman–Crippen MR) is 45.2 cm³/mol. The van der Waals surface area contributed by atoms with Crippen LogP contribution in [0.1, 0.15) is 11.9 Å². The van der Waals surface area contributed by atoms with Gasteiger partial charge in [0, 0.05) is 5.56 Å². The van der Waals surface area contributed by atoms with Gasteiger partial charge in [0.25, 0.3) is 5.75 Å². The zero-order valence-electron chi connectivity index (χ0n) is 6.64. The lowest BCUT2D eigenvalue weighted by molar-refractivity contribution is -0.384. The van der Waals surface area contributed by atoms with Gasteiger partial charge in [-0.15, -0.1) is 0 Å². The summed E-state index contributed by atoms with van der Waals surface area (Å²) in [6.45, 7) is 0. The molecule has 1 fully saturated rings. The van der Waals surface area contributed by atoms with E-state index in [0.29, 0.717) is 0 Å². The van der Waals surface area contributed by atoms with Crippen molar-refractivity contribution in [1.82, 2.24) is 5.64 Å². The number of benzene rings is 1. The van der Waals surface area contributed by atoms with Crippen LogP contribution in [0.4, 0.5) is 0 Å². The molecule has 70 valence electrons. The van der Waals surface area contributed by atoms with E-state index in [0.717, 1.165) is 5.56 Å². The lowest BCUT2D eigenvalue weighted by atomic mass is 10.2. The molecule has 1 saturated heterocycles. The zero-order chi connectivity index (χ0) is 9.10. The van der Waals surface area contributed by atoms with Crippen LogP contribution in [-0.4, -0.2) is 5.75 Å². The number of halogens is 1. The molecular weight excluding hydrogens is 194 g/mol. The third kappa shape index (κ3) is 2.18. The van der Waals surface area contributed by atoms with Crippen molar-refractivity contribution < 1.29 is 14.4 Å². The lowest BCUT2D eigenvalue weighted by Crippen LogP contribution is -2.33. The van der Waals surface area contributed by atoms with Crippen molar-refractivity contribution in [2.45, 2.75) is 12.0 Å². The Hall–Kier alpha value is -0.650. The summed E-state index contributed by atoms with van der Waals surface area (Å²) in [7, 11) is 0. The molecule has 2 unspecified atom stereocenters. The van der Waals surface area contributed by atoms with Crippen LogP contribution in [0.3, 0.4) is 0 Å². The van der Waals surface area contributed by atoms with Gasteiger partial charge in [0.2, 0.25) is 6.29 Å². The Morgan fingerprint density at radius 2 is 1.92 bits per heavy atom. The minimum Gasteiger partial charge on any atom is -0.302 e. The molecular formula is C8H8ClNO3. The molecule has 2 atom stereocenters. The highest BCUT2D eigenvalue weighted by Gasteiger charge is 2.23. The van der Waals surface area contributed by atoms with E-state index in [-0.39, 0.29) is 0 Å². The fourth-order valence-corrected chi connectivity index (χ4v) is 1.15. The van der Waals surface area contributed by atoms with Crippen LogP contribution in [-0.2, 0) is 14.4 Å². The van der Waals surface area contributed by atoms with E-state index in [1.165, 1.54) is 0 Å². The maximum absolute atomic E-state index is 5.57. The number of alkyl halides is 1. The lowest BCUT2D eigenvalue weighted by Gasteiger charge is -2.26. The molecule has 1 aromatic rings. The van der Waals surface area contributed by atoms with Crippen LogP contribution in [0, 0.1) is 0 Å². The van der Waals surface area contributed by atoms with E-state index < -0.39 is 12.0 Å². The molecule has 0 radical (unpaired) electrons. The summed E-state index contributed by atoms with van der Waals surface area (Å²) in [4.78, 5) is 9.56. The van der Waals surface area contributed by atoms with Crippen LogP contribution >= 0.6 is 11.6 Å². The highest BCUT2D eigenvalue weighted by atomic mass is 35.5. The third-order valence-electron chi connectivity index (χ3n) is 1.60. The number of nitrogens with one attached hydrogen (secondary N) is 1. The first-order valence-electron chi connectivity index (χ1n) is 3.77. The van der Waals surface area contributed by atoms with E-state index >= 15 is 0 Å². The number of hydrogen-bond acceptors (Lipinski definition) is 4. The topological polar surface area (TPSA) is 39.7 Å². The van der Waals surface area contributed by atoms with Crippen molar-refractivity contribution in [3.8, 4) is 0 Å². The van der Waals surface area contributed by atoms with Gasteiger partial charge in [-0.05, 0) is 0 Å². The fourth-order valence-electron chi connectivity index (χ4n) is 1.02. The van der Waals surface area contributed by atoms with Crippen molar-refractivity contribution in [3.63, 3.8) is 0 Å². The van der Waals surface area contributed by atoms with Crippen molar-refractivity contribution >= 4 is 11.6 Å². The second kappa shape index (κ2) is 4.04. The molecule has 1 N–H and O–H groups in total. The Bertz CT molecular complexity index is 269. The summed E-state index contributed by atoms with van der Waals surface area (Å²) in [5, 5.41) is 0. The normalized spacial score (nSPS) is 28.7. The van der Waals surface area contributed by atoms with Gasteiger partial charge in [-0.1, -0.05) is 47.6 Å². The summed E-state index contributed by atoms with van der Waals surface area (Å²) in [5.41, 5.74) is 3.10. The van der Waals surface area contributed by atoms with Gasteiger partial charge in [-0.2, -0.15) is 0 Å². The van der Waals surface area contributed by atoms with Gasteiger partial charge in [0.15, 0.2) is 0 Å². The molecule has 0 saturated carbocycles. The summed E-state index contributed by atoms with van der Waals surface area (Å²) >= 11 is 5.57. The number of rotatable bonds is 1. The van der Waals surface area contributed by atoms with Crippen LogP contribution in [0.2, 0.25) is 0 Å². The predicted octanol–water partition coefficient (Wildman–Crippen LogP) is 1.69. The minimum atomic E-state index is -0.834. The van der Waals surface area contributed by atoms with Gasteiger partial charge in [-0.25, -0.2) is 9.68 Å². The van der Waals surface area contributed by atoms with Crippen LogP contribution < -0.4 is 5.64 Å². The van der Waals surface area contributed by atoms with E-state index in [4.69, 9.17) is 21.2 Å². The maximum atomic E-state index is 5.57. The second-order valence-corrected chi connectivity index (χ2v) is 2.83. The Labute approximate surface area is 80.3 Å². The summed E-state index contributed by atoms with van der Waals surface area (Å²) in [6.07, 6.45) is -0.530. The molecule has 0 aliphatic carbocycles. The SMILES string of the molecule is ClC1ONOC(c2ccccc2)O1. The molecule has 2 rings (SSSR count). The number of hydrogen-bond donors (Lipinski definition) is 1. The fraction of sp³-hybridized carbons (Fsp3) is 0.250. The Balaban J connectivity index is 2.08. The van der Waals surface area contributed by atoms with E-state index in [9.17, 15) is 0 Å². The molecule has 5 heteroatoms. The van der Waals surface area contributed by atoms with Gasteiger partial charge >= 0.3 is 0 Å². The molecule has 0 amide bonds. The van der Waals surface area contributed by atoms with Gasteiger partial charge in [-0.3, -0.25) is 0 Å². The first-order chi connectivity index (χ1) is 6.36. The molecule has 13 heavy (non-hydrogen) atoms. The molecule has 1 aliphatic rings. The van der Waals surface area contributed by atoms with Gasteiger partial charge < -0.3 is 4.74 Å². The molecule has 4 nitrogen and oxygen atoms in total. The molecule has 0 bridgehead atoms. The average molecular weight is 202 g/mol.